The van der Waals surface area contributed by atoms with Gasteiger partial charge in [-0.25, -0.2) is 13.2 Å². The van der Waals surface area contributed by atoms with Crippen molar-refractivity contribution in [2.75, 3.05) is 7.11 Å². The van der Waals surface area contributed by atoms with E-state index in [1.807, 2.05) is 0 Å². The highest BCUT2D eigenvalue weighted by atomic mass is 19.2. The number of ether oxygens (including phenoxy) is 1. The van der Waals surface area contributed by atoms with Crippen molar-refractivity contribution in [1.29, 1.82) is 0 Å². The molecule has 14 heavy (non-hydrogen) atoms. The fraction of sp³-hybridized carbons (Fsp3) is 0.400. The smallest absolute Gasteiger partial charge is 0.194 e. The molecule has 1 fully saturated rings. The molecule has 0 aromatic heterocycles. The second-order valence-corrected chi connectivity index (χ2v) is 3.45. The molecule has 1 nitrogen and oxygen atoms in total. The molecule has 0 bridgehead atoms. The van der Waals surface area contributed by atoms with Crippen LogP contribution in [0, 0.1) is 17.5 Å². The summed E-state index contributed by atoms with van der Waals surface area (Å²) in [5, 5.41) is 0. The molecule has 76 valence electrons. The van der Waals surface area contributed by atoms with Gasteiger partial charge < -0.3 is 4.74 Å². The van der Waals surface area contributed by atoms with E-state index >= 15 is 0 Å². The second kappa shape index (κ2) is 2.98. The van der Waals surface area contributed by atoms with Gasteiger partial charge in [-0.2, -0.15) is 0 Å². The Morgan fingerprint density at radius 2 is 1.64 bits per heavy atom. The summed E-state index contributed by atoms with van der Waals surface area (Å²) in [6, 6.07) is 1.99. The summed E-state index contributed by atoms with van der Waals surface area (Å²) >= 11 is 0. The minimum Gasteiger partial charge on any atom is -0.374 e. The summed E-state index contributed by atoms with van der Waals surface area (Å²) in [5.74, 6) is -3.76. The molecular formula is C10H9F3O. The Labute approximate surface area is 79.5 Å². The molecule has 1 saturated carbocycles. The standard InChI is InChI=1S/C10H9F3O/c1-14-10(2-3-10)6-4-7(11)9(13)8(12)5-6/h4-5H,2-3H2,1H3. The van der Waals surface area contributed by atoms with Crippen molar-refractivity contribution < 1.29 is 17.9 Å². The fourth-order valence-electron chi connectivity index (χ4n) is 1.54. The van der Waals surface area contributed by atoms with Gasteiger partial charge in [-0.1, -0.05) is 0 Å². The average Bonchev–Trinajstić information content (AvgIpc) is 2.94. The van der Waals surface area contributed by atoms with Gasteiger partial charge in [-0.15, -0.1) is 0 Å². The van der Waals surface area contributed by atoms with Crippen LogP contribution >= 0.6 is 0 Å². The topological polar surface area (TPSA) is 9.23 Å². The maximum absolute atomic E-state index is 12.9. The van der Waals surface area contributed by atoms with Crippen molar-refractivity contribution in [3.8, 4) is 0 Å². The van der Waals surface area contributed by atoms with Gasteiger partial charge in [-0.3, -0.25) is 0 Å². The van der Waals surface area contributed by atoms with Crippen LogP contribution < -0.4 is 0 Å². The first-order valence-corrected chi connectivity index (χ1v) is 4.29. The van der Waals surface area contributed by atoms with Crippen molar-refractivity contribution in [3.63, 3.8) is 0 Å². The zero-order valence-electron chi connectivity index (χ0n) is 7.61. The zero-order chi connectivity index (χ0) is 10.3. The van der Waals surface area contributed by atoms with Gasteiger partial charge in [0.15, 0.2) is 17.5 Å². The SMILES string of the molecule is COC1(c2cc(F)c(F)c(F)c2)CC1. The molecule has 0 radical (unpaired) electrons. The van der Waals surface area contributed by atoms with Crippen LogP contribution in [-0.2, 0) is 10.3 Å². The Kier molecular flexibility index (Phi) is 2.03. The molecule has 0 saturated heterocycles. The molecule has 0 unspecified atom stereocenters. The normalized spacial score (nSPS) is 18.3. The molecule has 1 aromatic carbocycles. The predicted octanol–water partition coefficient (Wildman–Crippen LogP) is 2.74. The number of hydrogen-bond donors (Lipinski definition) is 0. The minimum atomic E-state index is -1.43. The number of hydrogen-bond acceptors (Lipinski definition) is 1. The van der Waals surface area contributed by atoms with Gasteiger partial charge in [0.25, 0.3) is 0 Å². The number of halogens is 3. The van der Waals surface area contributed by atoms with Crippen LogP contribution in [0.5, 0.6) is 0 Å². The molecule has 1 aliphatic carbocycles. The van der Waals surface area contributed by atoms with Crippen LogP contribution in [0.25, 0.3) is 0 Å². The molecule has 2 rings (SSSR count). The molecule has 0 spiro atoms. The van der Waals surface area contributed by atoms with Crippen molar-refractivity contribution in [2.45, 2.75) is 18.4 Å². The van der Waals surface area contributed by atoms with Gasteiger partial charge in [0.2, 0.25) is 0 Å². The Morgan fingerprint density at radius 1 is 1.14 bits per heavy atom. The zero-order valence-corrected chi connectivity index (χ0v) is 7.61. The summed E-state index contributed by atoms with van der Waals surface area (Å²) in [4.78, 5) is 0. The van der Waals surface area contributed by atoms with Crippen molar-refractivity contribution in [3.05, 3.63) is 35.1 Å². The molecule has 1 aliphatic rings. The Morgan fingerprint density at radius 3 is 2.00 bits per heavy atom. The second-order valence-electron chi connectivity index (χ2n) is 3.45. The monoisotopic (exact) mass is 202 g/mol. The first-order valence-electron chi connectivity index (χ1n) is 4.29. The number of rotatable bonds is 2. The highest BCUT2D eigenvalue weighted by molar-refractivity contribution is 5.29. The van der Waals surface area contributed by atoms with E-state index in [4.69, 9.17) is 4.74 Å². The van der Waals surface area contributed by atoms with Crippen LogP contribution in [0.15, 0.2) is 12.1 Å². The molecular weight excluding hydrogens is 193 g/mol. The lowest BCUT2D eigenvalue weighted by molar-refractivity contribution is 0.0781. The van der Waals surface area contributed by atoms with Crippen LogP contribution in [0.1, 0.15) is 18.4 Å². The van der Waals surface area contributed by atoms with Crippen LogP contribution in [0.3, 0.4) is 0 Å². The molecule has 4 heteroatoms. The van der Waals surface area contributed by atoms with Crippen molar-refractivity contribution in [2.24, 2.45) is 0 Å². The quantitative estimate of drug-likeness (QED) is 0.670. The summed E-state index contributed by atoms with van der Waals surface area (Å²) in [5.41, 5.74) is -0.216. The highest BCUT2D eigenvalue weighted by Crippen LogP contribution is 2.49. The highest BCUT2D eigenvalue weighted by Gasteiger charge is 2.45. The van der Waals surface area contributed by atoms with E-state index in [1.54, 1.807) is 0 Å². The maximum Gasteiger partial charge on any atom is 0.194 e. The third kappa shape index (κ3) is 1.30. The predicted molar refractivity (Wildman–Crippen MR) is 44.2 cm³/mol. The first-order chi connectivity index (χ1) is 6.59. The number of methoxy groups -OCH3 is 1. The van der Waals surface area contributed by atoms with Gasteiger partial charge >= 0.3 is 0 Å². The summed E-state index contributed by atoms with van der Waals surface area (Å²) in [6.45, 7) is 0. The first kappa shape index (κ1) is 9.52. The molecule has 0 N–H and O–H groups in total. The molecule has 0 atom stereocenters. The maximum atomic E-state index is 12.9. The third-order valence-corrected chi connectivity index (χ3v) is 2.60. The minimum absolute atomic E-state index is 0.372. The van der Waals surface area contributed by atoms with Gasteiger partial charge in [0, 0.05) is 7.11 Å². The van der Waals surface area contributed by atoms with E-state index in [0.717, 1.165) is 12.1 Å². The van der Waals surface area contributed by atoms with Crippen molar-refractivity contribution in [1.82, 2.24) is 0 Å². The van der Waals surface area contributed by atoms with E-state index in [9.17, 15) is 13.2 Å². The van der Waals surface area contributed by atoms with E-state index < -0.39 is 23.1 Å². The summed E-state index contributed by atoms with van der Waals surface area (Å²) in [7, 11) is 1.48. The Bertz CT molecular complexity index is 349. The average molecular weight is 202 g/mol. The van der Waals surface area contributed by atoms with E-state index in [1.165, 1.54) is 7.11 Å². The van der Waals surface area contributed by atoms with Crippen LogP contribution in [0.4, 0.5) is 13.2 Å². The molecule has 0 amide bonds. The fourth-order valence-corrected chi connectivity index (χ4v) is 1.54. The lowest BCUT2D eigenvalue weighted by Gasteiger charge is -2.13. The summed E-state index contributed by atoms with van der Waals surface area (Å²) in [6.07, 6.45) is 1.43. The van der Waals surface area contributed by atoms with E-state index in [2.05, 4.69) is 0 Å². The van der Waals surface area contributed by atoms with E-state index in [-0.39, 0.29) is 0 Å². The Balaban J connectivity index is 2.46. The molecule has 0 aliphatic heterocycles. The molecule has 0 heterocycles. The van der Waals surface area contributed by atoms with Crippen molar-refractivity contribution >= 4 is 0 Å². The lowest BCUT2D eigenvalue weighted by Crippen LogP contribution is -2.10. The Hall–Kier alpha value is -1.03. The lowest BCUT2D eigenvalue weighted by atomic mass is 10.1. The number of benzene rings is 1. The third-order valence-electron chi connectivity index (χ3n) is 2.60. The summed E-state index contributed by atoms with van der Waals surface area (Å²) < 4.78 is 43.5. The molecule has 1 aromatic rings. The van der Waals surface area contributed by atoms with Crippen LogP contribution in [-0.4, -0.2) is 7.11 Å². The van der Waals surface area contributed by atoms with Crippen LogP contribution in [0.2, 0.25) is 0 Å². The van der Waals surface area contributed by atoms with Gasteiger partial charge in [0.05, 0.1) is 5.60 Å². The largest absolute Gasteiger partial charge is 0.374 e. The van der Waals surface area contributed by atoms with Gasteiger partial charge in [0.1, 0.15) is 0 Å². The van der Waals surface area contributed by atoms with Gasteiger partial charge in [-0.05, 0) is 30.5 Å². The van der Waals surface area contributed by atoms with E-state index in [0.29, 0.717) is 18.4 Å².